The van der Waals surface area contributed by atoms with Gasteiger partial charge in [0.25, 0.3) is 0 Å². The first-order valence-corrected chi connectivity index (χ1v) is 7.89. The molecule has 0 radical (unpaired) electrons. The summed E-state index contributed by atoms with van der Waals surface area (Å²) in [5.74, 6) is 0.805. The number of primary amides is 1. The summed E-state index contributed by atoms with van der Waals surface area (Å²) in [6, 6.07) is 8.01. The van der Waals surface area contributed by atoms with Crippen molar-refractivity contribution in [3.05, 3.63) is 29.8 Å². The van der Waals surface area contributed by atoms with Crippen molar-refractivity contribution in [1.82, 2.24) is 5.32 Å². The molecule has 116 valence electrons. The Morgan fingerprint density at radius 2 is 2.19 bits per heavy atom. The minimum atomic E-state index is -0.724. The predicted molar refractivity (Wildman–Crippen MR) is 84.3 cm³/mol. The summed E-state index contributed by atoms with van der Waals surface area (Å²) in [4.78, 5) is 12.0. The van der Waals surface area contributed by atoms with Gasteiger partial charge in [-0.15, -0.1) is 0 Å². The van der Waals surface area contributed by atoms with Crippen molar-refractivity contribution in [3.63, 3.8) is 0 Å². The van der Waals surface area contributed by atoms with Crippen LogP contribution in [0, 0.1) is 5.92 Å². The van der Waals surface area contributed by atoms with E-state index in [4.69, 9.17) is 10.5 Å². The fraction of sp³-hybridized carbons (Fsp3) is 0.588. The van der Waals surface area contributed by atoms with Crippen molar-refractivity contribution < 1.29 is 9.53 Å². The van der Waals surface area contributed by atoms with Crippen LogP contribution in [0.25, 0.3) is 0 Å². The van der Waals surface area contributed by atoms with Crippen LogP contribution < -0.4 is 15.8 Å². The third-order valence-corrected chi connectivity index (χ3v) is 4.18. The molecule has 0 aliphatic heterocycles. The van der Waals surface area contributed by atoms with E-state index >= 15 is 0 Å². The van der Waals surface area contributed by atoms with Gasteiger partial charge < -0.3 is 15.8 Å². The van der Waals surface area contributed by atoms with Gasteiger partial charge in [-0.2, -0.15) is 0 Å². The fourth-order valence-electron chi connectivity index (χ4n) is 2.65. The molecule has 0 saturated heterocycles. The first-order valence-electron chi connectivity index (χ1n) is 7.89. The molecule has 1 atom stereocenters. The number of carbonyl (C=O) groups excluding carboxylic acids is 1. The SMILES string of the molecule is CCCNC(COc1cccc(CC)c1)(C(N)=O)C1CC1. The molecule has 2 rings (SSSR count). The molecule has 0 spiro atoms. The van der Waals surface area contributed by atoms with Crippen LogP contribution in [0.5, 0.6) is 5.75 Å². The van der Waals surface area contributed by atoms with E-state index in [1.807, 2.05) is 18.2 Å². The van der Waals surface area contributed by atoms with Crippen LogP contribution in [0.15, 0.2) is 24.3 Å². The van der Waals surface area contributed by atoms with Gasteiger partial charge in [0.15, 0.2) is 0 Å². The van der Waals surface area contributed by atoms with Crippen LogP contribution in [-0.2, 0) is 11.2 Å². The Morgan fingerprint density at radius 3 is 2.76 bits per heavy atom. The number of hydrogen-bond acceptors (Lipinski definition) is 3. The van der Waals surface area contributed by atoms with Crippen molar-refractivity contribution in [2.75, 3.05) is 13.2 Å². The lowest BCUT2D eigenvalue weighted by atomic mass is 9.93. The normalized spacial score (nSPS) is 17.2. The quantitative estimate of drug-likeness (QED) is 0.733. The average molecular weight is 290 g/mol. The number of nitrogens with two attached hydrogens (primary N) is 1. The number of carbonyl (C=O) groups is 1. The molecule has 4 nitrogen and oxygen atoms in total. The molecule has 1 amide bonds. The topological polar surface area (TPSA) is 64.3 Å². The second-order valence-electron chi connectivity index (χ2n) is 5.83. The van der Waals surface area contributed by atoms with Gasteiger partial charge in [-0.05, 0) is 55.8 Å². The maximum Gasteiger partial charge on any atom is 0.241 e. The number of ether oxygens (including phenoxy) is 1. The number of nitrogens with one attached hydrogen (secondary N) is 1. The molecule has 1 fully saturated rings. The summed E-state index contributed by atoms with van der Waals surface area (Å²) in [7, 11) is 0. The Balaban J connectivity index is 2.09. The number of aryl methyl sites for hydroxylation is 1. The van der Waals surface area contributed by atoms with Crippen molar-refractivity contribution in [3.8, 4) is 5.75 Å². The molecule has 3 N–H and O–H groups in total. The lowest BCUT2D eigenvalue weighted by molar-refractivity contribution is -0.126. The Bertz CT molecular complexity index is 485. The Kier molecular flexibility index (Phi) is 5.23. The Labute approximate surface area is 127 Å². The first-order chi connectivity index (χ1) is 10.1. The van der Waals surface area contributed by atoms with Crippen LogP contribution >= 0.6 is 0 Å². The van der Waals surface area contributed by atoms with E-state index in [-0.39, 0.29) is 5.91 Å². The summed E-state index contributed by atoms with van der Waals surface area (Å²) < 4.78 is 5.91. The maximum atomic E-state index is 12.0. The highest BCUT2D eigenvalue weighted by Crippen LogP contribution is 2.40. The highest BCUT2D eigenvalue weighted by molar-refractivity contribution is 5.85. The van der Waals surface area contributed by atoms with E-state index in [1.54, 1.807) is 0 Å². The number of hydrogen-bond donors (Lipinski definition) is 2. The van der Waals surface area contributed by atoms with E-state index in [1.165, 1.54) is 5.56 Å². The van der Waals surface area contributed by atoms with Gasteiger partial charge in [-0.1, -0.05) is 26.0 Å². The zero-order chi connectivity index (χ0) is 15.3. The number of amides is 1. The van der Waals surface area contributed by atoms with Gasteiger partial charge in [0.1, 0.15) is 17.9 Å². The third-order valence-electron chi connectivity index (χ3n) is 4.18. The van der Waals surface area contributed by atoms with Gasteiger partial charge in [0, 0.05) is 0 Å². The van der Waals surface area contributed by atoms with Crippen molar-refractivity contribution in [2.24, 2.45) is 11.7 Å². The second kappa shape index (κ2) is 6.94. The van der Waals surface area contributed by atoms with Gasteiger partial charge in [-0.25, -0.2) is 0 Å². The largest absolute Gasteiger partial charge is 0.491 e. The molecular weight excluding hydrogens is 264 g/mol. The van der Waals surface area contributed by atoms with Crippen LogP contribution in [0.4, 0.5) is 0 Å². The minimum Gasteiger partial charge on any atom is -0.491 e. The summed E-state index contributed by atoms with van der Waals surface area (Å²) in [5, 5.41) is 3.34. The highest BCUT2D eigenvalue weighted by atomic mass is 16.5. The molecule has 0 heterocycles. The van der Waals surface area contributed by atoms with Crippen LogP contribution in [0.1, 0.15) is 38.7 Å². The molecule has 1 aromatic carbocycles. The number of benzene rings is 1. The van der Waals surface area contributed by atoms with Crippen molar-refractivity contribution in [2.45, 2.75) is 45.1 Å². The minimum absolute atomic E-state index is 0.301. The lowest BCUT2D eigenvalue weighted by Gasteiger charge is -2.32. The van der Waals surface area contributed by atoms with Gasteiger partial charge >= 0.3 is 0 Å². The van der Waals surface area contributed by atoms with Crippen LogP contribution in [-0.4, -0.2) is 24.6 Å². The lowest BCUT2D eigenvalue weighted by Crippen LogP contribution is -2.61. The number of rotatable bonds is 9. The van der Waals surface area contributed by atoms with Crippen molar-refractivity contribution in [1.29, 1.82) is 0 Å². The summed E-state index contributed by atoms with van der Waals surface area (Å²) in [6.07, 6.45) is 4.01. The molecule has 1 aliphatic carbocycles. The molecule has 4 heteroatoms. The van der Waals surface area contributed by atoms with E-state index in [2.05, 4.69) is 25.2 Å². The Morgan fingerprint density at radius 1 is 1.43 bits per heavy atom. The molecule has 0 aromatic heterocycles. The van der Waals surface area contributed by atoms with Crippen LogP contribution in [0.3, 0.4) is 0 Å². The fourth-order valence-corrected chi connectivity index (χ4v) is 2.65. The highest BCUT2D eigenvalue weighted by Gasteiger charge is 2.50. The first kappa shape index (κ1) is 15.8. The maximum absolute atomic E-state index is 12.0. The van der Waals surface area contributed by atoms with Gasteiger partial charge in [0.05, 0.1) is 0 Å². The average Bonchev–Trinajstić information content (AvgIpc) is 3.32. The second-order valence-corrected chi connectivity index (χ2v) is 5.83. The van der Waals surface area contributed by atoms with E-state index in [0.29, 0.717) is 12.5 Å². The van der Waals surface area contributed by atoms with Gasteiger partial charge in [-0.3, -0.25) is 4.79 Å². The zero-order valence-corrected chi connectivity index (χ0v) is 13.0. The van der Waals surface area contributed by atoms with E-state index in [0.717, 1.165) is 38.0 Å². The van der Waals surface area contributed by atoms with E-state index in [9.17, 15) is 4.79 Å². The molecule has 1 saturated carbocycles. The molecule has 0 bridgehead atoms. The standard InChI is InChI=1S/C17H26N2O2/c1-3-10-19-17(16(18)20,14-8-9-14)12-21-15-7-5-6-13(4-2)11-15/h5-7,11,14,19H,3-4,8-10,12H2,1-2H3,(H2,18,20). The molecule has 1 aliphatic rings. The summed E-state index contributed by atoms with van der Waals surface area (Å²) in [6.45, 7) is 5.27. The molecular formula is C17H26N2O2. The third kappa shape index (κ3) is 3.76. The predicted octanol–water partition coefficient (Wildman–Crippen LogP) is 2.26. The van der Waals surface area contributed by atoms with Gasteiger partial charge in [0.2, 0.25) is 5.91 Å². The van der Waals surface area contributed by atoms with Crippen molar-refractivity contribution >= 4 is 5.91 Å². The molecule has 21 heavy (non-hydrogen) atoms. The monoisotopic (exact) mass is 290 g/mol. The zero-order valence-electron chi connectivity index (χ0n) is 13.0. The summed E-state index contributed by atoms with van der Waals surface area (Å²) >= 11 is 0. The smallest absolute Gasteiger partial charge is 0.241 e. The van der Waals surface area contributed by atoms with Crippen LogP contribution in [0.2, 0.25) is 0 Å². The molecule has 1 unspecified atom stereocenters. The molecule has 1 aromatic rings. The Hall–Kier alpha value is -1.55. The van der Waals surface area contributed by atoms with E-state index < -0.39 is 5.54 Å². The summed E-state index contributed by atoms with van der Waals surface area (Å²) in [5.41, 5.74) is 6.20.